The van der Waals surface area contributed by atoms with Crippen molar-refractivity contribution in [2.24, 2.45) is 0 Å². The maximum absolute atomic E-state index is 10.8. The third-order valence-electron chi connectivity index (χ3n) is 3.87. The van der Waals surface area contributed by atoms with Gasteiger partial charge >= 0.3 is 11.9 Å². The van der Waals surface area contributed by atoms with E-state index in [-0.39, 0.29) is 13.2 Å². The van der Waals surface area contributed by atoms with Gasteiger partial charge in [0.15, 0.2) is 0 Å². The second-order valence-corrected chi connectivity index (χ2v) is 6.54. The van der Waals surface area contributed by atoms with Crippen molar-refractivity contribution in [3.8, 4) is 0 Å². The highest BCUT2D eigenvalue weighted by Crippen LogP contribution is 1.86. The summed E-state index contributed by atoms with van der Waals surface area (Å²) >= 11 is 0. The van der Waals surface area contributed by atoms with Crippen molar-refractivity contribution in [1.29, 1.82) is 0 Å². The SMILES string of the molecule is COC(=O)COCCOCCOCCOCCOCCOCCOCCOCCOCC(=O)OC. The van der Waals surface area contributed by atoms with Crippen LogP contribution in [0.25, 0.3) is 0 Å². The fraction of sp³-hybridized carbons (Fsp3) is 0.909. The molecule has 0 spiro atoms. The van der Waals surface area contributed by atoms with Gasteiger partial charge in [0.1, 0.15) is 13.2 Å². The molecule has 0 saturated carbocycles. The summed E-state index contributed by atoms with van der Waals surface area (Å²) in [5.41, 5.74) is 0. The first kappa shape index (κ1) is 33.6. The number of esters is 2. The lowest BCUT2D eigenvalue weighted by Gasteiger charge is -2.08. The van der Waals surface area contributed by atoms with E-state index in [9.17, 15) is 9.59 Å². The molecule has 0 N–H and O–H groups in total. The molecule has 0 amide bonds. The molecule has 0 fully saturated rings. The molecule has 208 valence electrons. The molecule has 0 atom stereocenters. The molecule has 0 radical (unpaired) electrons. The third-order valence-corrected chi connectivity index (χ3v) is 3.87. The first-order valence-corrected chi connectivity index (χ1v) is 11.5. The van der Waals surface area contributed by atoms with E-state index in [1.165, 1.54) is 14.2 Å². The number of carbonyl (C=O) groups is 2. The maximum atomic E-state index is 10.8. The molecular weight excluding hydrogens is 472 g/mol. The number of carbonyl (C=O) groups excluding carboxylic acids is 2. The first-order valence-electron chi connectivity index (χ1n) is 11.5. The smallest absolute Gasteiger partial charge is 0.331 e. The molecule has 13 nitrogen and oxygen atoms in total. The Morgan fingerprint density at radius 2 is 0.514 bits per heavy atom. The van der Waals surface area contributed by atoms with E-state index in [4.69, 9.17) is 42.6 Å². The van der Waals surface area contributed by atoms with Crippen molar-refractivity contribution in [2.75, 3.05) is 133 Å². The highest BCUT2D eigenvalue weighted by atomic mass is 16.6. The average Bonchev–Trinajstić information content (AvgIpc) is 2.87. The molecule has 0 saturated heterocycles. The molecule has 0 aromatic heterocycles. The van der Waals surface area contributed by atoms with E-state index < -0.39 is 11.9 Å². The summed E-state index contributed by atoms with van der Waals surface area (Å²) in [6.07, 6.45) is 0. The van der Waals surface area contributed by atoms with Crippen LogP contribution in [0, 0.1) is 0 Å². The average molecular weight is 515 g/mol. The number of ether oxygens (including phenoxy) is 11. The normalized spacial score (nSPS) is 11.0. The number of rotatable bonds is 28. The molecular formula is C22H42O13. The zero-order chi connectivity index (χ0) is 25.7. The van der Waals surface area contributed by atoms with Crippen LogP contribution in [-0.4, -0.2) is 145 Å². The van der Waals surface area contributed by atoms with Gasteiger partial charge in [0.05, 0.1) is 120 Å². The molecule has 0 aromatic rings. The summed E-state index contributed by atoms with van der Waals surface area (Å²) in [4.78, 5) is 21.6. The van der Waals surface area contributed by atoms with Crippen molar-refractivity contribution >= 4 is 11.9 Å². The van der Waals surface area contributed by atoms with Gasteiger partial charge in [0.25, 0.3) is 0 Å². The van der Waals surface area contributed by atoms with Crippen LogP contribution in [0.1, 0.15) is 0 Å². The van der Waals surface area contributed by atoms with Crippen LogP contribution >= 0.6 is 0 Å². The van der Waals surface area contributed by atoms with Gasteiger partial charge in [0.2, 0.25) is 0 Å². The Morgan fingerprint density at radius 1 is 0.343 bits per heavy atom. The van der Waals surface area contributed by atoms with E-state index in [0.29, 0.717) is 106 Å². The van der Waals surface area contributed by atoms with E-state index in [1.807, 2.05) is 0 Å². The Labute approximate surface area is 207 Å². The molecule has 0 aliphatic heterocycles. The molecule has 0 aliphatic rings. The van der Waals surface area contributed by atoms with Gasteiger partial charge in [0, 0.05) is 0 Å². The molecule has 13 heteroatoms. The van der Waals surface area contributed by atoms with Gasteiger partial charge in [-0.3, -0.25) is 0 Å². The van der Waals surface area contributed by atoms with Gasteiger partial charge in [-0.05, 0) is 0 Å². The second-order valence-electron chi connectivity index (χ2n) is 6.54. The minimum absolute atomic E-state index is 0.0726. The minimum Gasteiger partial charge on any atom is -0.467 e. The monoisotopic (exact) mass is 514 g/mol. The first-order chi connectivity index (χ1) is 17.2. The summed E-state index contributed by atoms with van der Waals surface area (Å²) in [5, 5.41) is 0. The van der Waals surface area contributed by atoms with Crippen LogP contribution in [0.2, 0.25) is 0 Å². The van der Waals surface area contributed by atoms with Crippen LogP contribution in [0.3, 0.4) is 0 Å². The van der Waals surface area contributed by atoms with Crippen molar-refractivity contribution in [3.05, 3.63) is 0 Å². The van der Waals surface area contributed by atoms with Gasteiger partial charge in [-0.25, -0.2) is 9.59 Å². The zero-order valence-electron chi connectivity index (χ0n) is 21.0. The second kappa shape index (κ2) is 28.8. The van der Waals surface area contributed by atoms with E-state index in [0.717, 1.165) is 0 Å². The molecule has 0 rings (SSSR count). The highest BCUT2D eigenvalue weighted by molar-refractivity contribution is 5.70. The Balaban J connectivity index is 3.05. The number of hydrogen-bond donors (Lipinski definition) is 0. The van der Waals surface area contributed by atoms with Gasteiger partial charge in [-0.1, -0.05) is 0 Å². The largest absolute Gasteiger partial charge is 0.467 e. The standard InChI is InChI=1S/C22H42O13/c1-25-21(23)19-34-17-15-32-13-11-30-9-7-28-5-3-27-4-6-29-8-10-31-12-14-33-16-18-35-20-22(24)26-2/h3-20H2,1-2H3. The lowest BCUT2D eigenvalue weighted by atomic mass is 10.6. The summed E-state index contributed by atoms with van der Waals surface area (Å²) in [6, 6.07) is 0. The summed E-state index contributed by atoms with van der Waals surface area (Å²) in [7, 11) is 2.62. The van der Waals surface area contributed by atoms with Gasteiger partial charge in [-0.15, -0.1) is 0 Å². The minimum atomic E-state index is -0.411. The van der Waals surface area contributed by atoms with Crippen molar-refractivity contribution in [3.63, 3.8) is 0 Å². The lowest BCUT2D eigenvalue weighted by Crippen LogP contribution is -2.16. The fourth-order valence-electron chi connectivity index (χ4n) is 2.09. The van der Waals surface area contributed by atoms with Crippen molar-refractivity contribution < 1.29 is 61.7 Å². The molecule has 0 aromatic carbocycles. The quantitative estimate of drug-likeness (QED) is 0.0979. The Bertz CT molecular complexity index is 425. The third kappa shape index (κ3) is 28.7. The van der Waals surface area contributed by atoms with Crippen LogP contribution in [-0.2, 0) is 61.7 Å². The van der Waals surface area contributed by atoms with Crippen LogP contribution in [0.15, 0.2) is 0 Å². The van der Waals surface area contributed by atoms with Crippen molar-refractivity contribution in [1.82, 2.24) is 0 Å². The summed E-state index contributed by atoms with van der Waals surface area (Å²) in [6.45, 7) is 6.90. The van der Waals surface area contributed by atoms with Crippen LogP contribution < -0.4 is 0 Å². The topological polar surface area (TPSA) is 136 Å². The van der Waals surface area contributed by atoms with E-state index in [1.54, 1.807) is 0 Å². The van der Waals surface area contributed by atoms with Crippen molar-refractivity contribution in [2.45, 2.75) is 0 Å². The molecule has 0 aliphatic carbocycles. The van der Waals surface area contributed by atoms with Gasteiger partial charge < -0.3 is 52.1 Å². The van der Waals surface area contributed by atoms with Crippen LogP contribution in [0.4, 0.5) is 0 Å². The molecule has 0 bridgehead atoms. The van der Waals surface area contributed by atoms with Crippen LogP contribution in [0.5, 0.6) is 0 Å². The van der Waals surface area contributed by atoms with Gasteiger partial charge in [-0.2, -0.15) is 0 Å². The molecule has 0 heterocycles. The van der Waals surface area contributed by atoms with E-state index in [2.05, 4.69) is 9.47 Å². The Kier molecular flexibility index (Phi) is 27.6. The summed E-state index contributed by atoms with van der Waals surface area (Å²) < 4.78 is 56.5. The maximum Gasteiger partial charge on any atom is 0.331 e. The molecule has 35 heavy (non-hydrogen) atoms. The lowest BCUT2D eigenvalue weighted by molar-refractivity contribution is -0.147. The van der Waals surface area contributed by atoms with E-state index >= 15 is 0 Å². The predicted octanol–water partition coefficient (Wildman–Crippen LogP) is -0.518. The zero-order valence-corrected chi connectivity index (χ0v) is 21.0. The fourth-order valence-corrected chi connectivity index (χ4v) is 2.09. The Morgan fingerprint density at radius 3 is 0.686 bits per heavy atom. The highest BCUT2D eigenvalue weighted by Gasteiger charge is 2.00. The summed E-state index contributed by atoms with van der Waals surface area (Å²) in [5.74, 6) is -0.822. The Hall–Kier alpha value is -1.42. The predicted molar refractivity (Wildman–Crippen MR) is 121 cm³/mol. The number of methoxy groups -OCH3 is 2. The molecule has 0 unspecified atom stereocenters. The number of hydrogen-bond acceptors (Lipinski definition) is 13.